The minimum Gasteiger partial charge on any atom is -0.478 e. The maximum Gasteiger partial charge on any atom is 0.338 e. The molecule has 0 atom stereocenters. The zero-order valence-electron chi connectivity index (χ0n) is 7.84. The monoisotopic (exact) mass is 210 g/mol. The molecule has 15 heavy (non-hydrogen) atoms. The lowest BCUT2D eigenvalue weighted by Crippen LogP contribution is -2.38. The molecular formula is C9H10N2O4. The fourth-order valence-corrected chi connectivity index (χ4v) is 1.15. The summed E-state index contributed by atoms with van der Waals surface area (Å²) in [5.74, 6) is -0.834. The number of nitrogens with zero attached hydrogens (tertiary/aromatic N) is 1. The Morgan fingerprint density at radius 1 is 1.67 bits per heavy atom. The maximum absolute atomic E-state index is 10.8. The van der Waals surface area contributed by atoms with Crippen molar-refractivity contribution in [2.24, 2.45) is 0 Å². The van der Waals surface area contributed by atoms with E-state index in [1.165, 1.54) is 12.3 Å². The van der Waals surface area contributed by atoms with E-state index in [-0.39, 0.29) is 23.2 Å². The van der Waals surface area contributed by atoms with Gasteiger partial charge in [-0.2, -0.15) is 0 Å². The highest BCUT2D eigenvalue weighted by Crippen LogP contribution is 2.19. The van der Waals surface area contributed by atoms with E-state index in [0.29, 0.717) is 13.2 Å². The van der Waals surface area contributed by atoms with Crippen molar-refractivity contribution in [1.29, 1.82) is 0 Å². The van der Waals surface area contributed by atoms with Crippen molar-refractivity contribution >= 4 is 11.7 Å². The van der Waals surface area contributed by atoms with E-state index in [0.717, 1.165) is 0 Å². The topological polar surface area (TPSA) is 94.7 Å². The average Bonchev–Trinajstić information content (AvgIpc) is 2.13. The van der Waals surface area contributed by atoms with E-state index in [4.69, 9.17) is 20.3 Å². The number of carbonyl (C=O) groups is 1. The highest BCUT2D eigenvalue weighted by molar-refractivity contribution is 5.93. The van der Waals surface area contributed by atoms with Crippen LogP contribution in [0.15, 0.2) is 12.3 Å². The summed E-state index contributed by atoms with van der Waals surface area (Å²) < 4.78 is 10.3. The fourth-order valence-electron chi connectivity index (χ4n) is 1.15. The number of aromatic nitrogens is 1. The Morgan fingerprint density at radius 3 is 2.93 bits per heavy atom. The first kappa shape index (κ1) is 9.72. The van der Waals surface area contributed by atoms with Crippen LogP contribution in [0.4, 0.5) is 5.69 Å². The van der Waals surface area contributed by atoms with Crippen LogP contribution < -0.4 is 10.5 Å². The van der Waals surface area contributed by atoms with Crippen LogP contribution in [-0.2, 0) is 4.74 Å². The van der Waals surface area contributed by atoms with Gasteiger partial charge in [-0.3, -0.25) is 0 Å². The number of pyridine rings is 1. The van der Waals surface area contributed by atoms with Gasteiger partial charge in [-0.1, -0.05) is 0 Å². The lowest BCUT2D eigenvalue weighted by molar-refractivity contribution is -0.0813. The number of nitrogens with two attached hydrogens (primary N) is 1. The van der Waals surface area contributed by atoms with Crippen molar-refractivity contribution in [3.63, 3.8) is 0 Å². The molecule has 1 aromatic rings. The highest BCUT2D eigenvalue weighted by Gasteiger charge is 2.21. The zero-order valence-corrected chi connectivity index (χ0v) is 7.84. The lowest BCUT2D eigenvalue weighted by Gasteiger charge is -2.26. The minimum absolute atomic E-state index is 0.000224. The summed E-state index contributed by atoms with van der Waals surface area (Å²) in [6.45, 7) is 1.02. The van der Waals surface area contributed by atoms with E-state index < -0.39 is 5.97 Å². The number of ether oxygens (including phenoxy) is 2. The Balaban J connectivity index is 2.17. The predicted molar refractivity (Wildman–Crippen MR) is 50.8 cm³/mol. The van der Waals surface area contributed by atoms with Gasteiger partial charge in [-0.05, 0) is 0 Å². The van der Waals surface area contributed by atoms with Crippen molar-refractivity contribution in [3.05, 3.63) is 17.8 Å². The average molecular weight is 210 g/mol. The number of carboxylic acids is 1. The normalized spacial score (nSPS) is 15.7. The summed E-state index contributed by atoms with van der Waals surface area (Å²) in [6, 6.07) is 1.32. The molecule has 1 aliphatic rings. The number of aromatic carboxylic acids is 1. The Labute approximate surface area is 85.6 Å². The van der Waals surface area contributed by atoms with Crippen LogP contribution in [0.2, 0.25) is 0 Å². The Hall–Kier alpha value is -1.82. The van der Waals surface area contributed by atoms with Crippen LogP contribution in [0.3, 0.4) is 0 Å². The summed E-state index contributed by atoms with van der Waals surface area (Å²) in [5, 5.41) is 8.81. The summed E-state index contributed by atoms with van der Waals surface area (Å²) in [4.78, 5) is 14.6. The number of rotatable bonds is 3. The molecule has 1 saturated heterocycles. The van der Waals surface area contributed by atoms with Crippen molar-refractivity contribution in [2.75, 3.05) is 18.9 Å². The summed E-state index contributed by atoms with van der Waals surface area (Å²) >= 11 is 0. The second-order valence-electron chi connectivity index (χ2n) is 3.19. The van der Waals surface area contributed by atoms with Crippen molar-refractivity contribution in [2.45, 2.75) is 6.10 Å². The van der Waals surface area contributed by atoms with Gasteiger partial charge in [0.2, 0.25) is 5.88 Å². The summed E-state index contributed by atoms with van der Waals surface area (Å²) in [6.07, 6.45) is 1.24. The summed E-state index contributed by atoms with van der Waals surface area (Å²) in [7, 11) is 0. The van der Waals surface area contributed by atoms with E-state index >= 15 is 0 Å². The van der Waals surface area contributed by atoms with Crippen LogP contribution in [0.1, 0.15) is 10.4 Å². The van der Waals surface area contributed by atoms with Gasteiger partial charge in [-0.25, -0.2) is 9.78 Å². The lowest BCUT2D eigenvalue weighted by atomic mass is 10.2. The van der Waals surface area contributed by atoms with Crippen molar-refractivity contribution < 1.29 is 19.4 Å². The predicted octanol–water partition coefficient (Wildman–Crippen LogP) is 0.140. The maximum atomic E-state index is 10.8. The second kappa shape index (κ2) is 3.74. The number of nitrogen functional groups attached to an aromatic ring is 1. The number of hydrogen-bond acceptors (Lipinski definition) is 5. The van der Waals surface area contributed by atoms with Gasteiger partial charge < -0.3 is 20.3 Å². The third-order valence-corrected chi connectivity index (χ3v) is 2.04. The fraction of sp³-hybridized carbons (Fsp3) is 0.333. The molecule has 2 heterocycles. The number of hydrogen-bond donors (Lipinski definition) is 2. The smallest absolute Gasteiger partial charge is 0.338 e. The van der Waals surface area contributed by atoms with Gasteiger partial charge in [0.05, 0.1) is 30.7 Å². The minimum atomic E-state index is -1.09. The molecule has 0 unspecified atom stereocenters. The molecule has 80 valence electrons. The number of anilines is 1. The first-order chi connectivity index (χ1) is 7.16. The third-order valence-electron chi connectivity index (χ3n) is 2.04. The van der Waals surface area contributed by atoms with Crippen LogP contribution >= 0.6 is 0 Å². The molecule has 1 fully saturated rings. The van der Waals surface area contributed by atoms with E-state index in [1.807, 2.05) is 0 Å². The molecular weight excluding hydrogens is 200 g/mol. The molecule has 6 nitrogen and oxygen atoms in total. The summed E-state index contributed by atoms with van der Waals surface area (Å²) in [5.41, 5.74) is 5.57. The van der Waals surface area contributed by atoms with Gasteiger partial charge in [-0.15, -0.1) is 0 Å². The molecule has 0 amide bonds. The van der Waals surface area contributed by atoms with Crippen LogP contribution in [-0.4, -0.2) is 35.4 Å². The largest absolute Gasteiger partial charge is 0.478 e. The first-order valence-corrected chi connectivity index (χ1v) is 4.40. The van der Waals surface area contributed by atoms with Crippen LogP contribution in [0, 0.1) is 0 Å². The van der Waals surface area contributed by atoms with E-state index in [2.05, 4.69) is 4.98 Å². The first-order valence-electron chi connectivity index (χ1n) is 4.40. The van der Waals surface area contributed by atoms with E-state index in [1.54, 1.807) is 0 Å². The Morgan fingerprint density at radius 2 is 2.40 bits per heavy atom. The highest BCUT2D eigenvalue weighted by atomic mass is 16.6. The molecule has 3 N–H and O–H groups in total. The molecule has 0 saturated carbocycles. The molecule has 0 bridgehead atoms. The molecule has 0 radical (unpaired) electrons. The molecule has 0 aliphatic carbocycles. The van der Waals surface area contributed by atoms with Gasteiger partial charge in [0.15, 0.2) is 0 Å². The van der Waals surface area contributed by atoms with Gasteiger partial charge in [0.25, 0.3) is 0 Å². The van der Waals surface area contributed by atoms with E-state index in [9.17, 15) is 4.79 Å². The Kier molecular flexibility index (Phi) is 2.42. The number of carboxylic acid groups (broad SMARTS) is 1. The van der Waals surface area contributed by atoms with Crippen molar-refractivity contribution in [1.82, 2.24) is 4.98 Å². The molecule has 1 aliphatic heterocycles. The third kappa shape index (κ3) is 1.99. The van der Waals surface area contributed by atoms with Gasteiger partial charge in [0, 0.05) is 6.07 Å². The molecule has 0 spiro atoms. The van der Waals surface area contributed by atoms with Crippen LogP contribution in [0.5, 0.6) is 5.88 Å². The molecule has 6 heteroatoms. The van der Waals surface area contributed by atoms with Crippen molar-refractivity contribution in [3.8, 4) is 5.88 Å². The molecule has 2 rings (SSSR count). The standard InChI is InChI=1S/C9H10N2O4/c10-7-2-11-8(1-6(7)9(12)13)15-5-3-14-4-5/h1-2,5H,3-4,10H2,(H,12,13). The molecule has 1 aromatic heterocycles. The van der Waals surface area contributed by atoms with Gasteiger partial charge in [0.1, 0.15) is 6.10 Å². The second-order valence-corrected chi connectivity index (χ2v) is 3.19. The zero-order chi connectivity index (χ0) is 10.8. The molecule has 0 aromatic carbocycles. The van der Waals surface area contributed by atoms with Gasteiger partial charge >= 0.3 is 5.97 Å². The van der Waals surface area contributed by atoms with Crippen LogP contribution in [0.25, 0.3) is 0 Å². The Bertz CT molecular complexity index is 390. The quantitative estimate of drug-likeness (QED) is 0.736. The SMILES string of the molecule is Nc1cnc(OC2COC2)cc1C(=O)O.